The molecule has 408 valence electrons. The molecule has 0 bridgehead atoms. The fourth-order valence-corrected chi connectivity index (χ4v) is 13.5. The highest BCUT2D eigenvalue weighted by molar-refractivity contribution is 7.95. The van der Waals surface area contributed by atoms with Gasteiger partial charge in [-0.1, -0.05) is 152 Å². The number of alkyl halides is 6. The van der Waals surface area contributed by atoms with Gasteiger partial charge < -0.3 is 40.9 Å². The molecule has 2 unspecified atom stereocenters. The van der Waals surface area contributed by atoms with E-state index in [9.17, 15) is 40.7 Å². The van der Waals surface area contributed by atoms with Gasteiger partial charge in [-0.25, -0.2) is 4.79 Å². The number of benzene rings is 7. The number of ether oxygens (including phenoxy) is 3. The lowest BCUT2D eigenvalue weighted by Gasteiger charge is -2.30. The molecule has 2 atom stereocenters. The second-order valence-corrected chi connectivity index (χ2v) is 22.1. The zero-order valence-corrected chi connectivity index (χ0v) is 45.1. The van der Waals surface area contributed by atoms with Gasteiger partial charge in [0.2, 0.25) is 0 Å². The molecule has 2 aliphatic heterocycles. The molecule has 2 fully saturated rings. The maximum absolute atomic E-state index is 12.6. The van der Waals surface area contributed by atoms with Crippen molar-refractivity contribution >= 4 is 47.4 Å². The number of aldehydes is 1. The van der Waals surface area contributed by atoms with Gasteiger partial charge in [-0.15, -0.1) is 26.3 Å². The van der Waals surface area contributed by atoms with E-state index in [1.807, 2.05) is 121 Å². The van der Waals surface area contributed by atoms with Gasteiger partial charge in [-0.05, 0) is 115 Å². The number of ketones is 1. The minimum Gasteiger partial charge on any atom is -1.00 e. The van der Waals surface area contributed by atoms with Crippen LogP contribution in [-0.4, -0.2) is 73.4 Å². The number of nitrogens with zero attached hydrogens (tertiary/aromatic N) is 2. The average molecular weight is 1150 g/mol. The Morgan fingerprint density at radius 2 is 1.01 bits per heavy atom. The number of piperidine rings is 2. The van der Waals surface area contributed by atoms with E-state index < -0.39 is 20.0 Å². The third kappa shape index (κ3) is 18.8. The Labute approximate surface area is 462 Å². The average Bonchev–Trinajstić information content (AvgIpc) is 3.53. The Kier molecular flexibility index (Phi) is 22.8. The maximum Gasteiger partial charge on any atom is 0.573 e. The van der Waals surface area contributed by atoms with Gasteiger partial charge in [0.25, 0.3) is 0 Å². The van der Waals surface area contributed by atoms with Gasteiger partial charge in [0.05, 0.1) is 12.7 Å². The molecule has 9 rings (SSSR count). The fraction of sp³-hybridized carbons (Fsp3) is 0.242. The monoisotopic (exact) mass is 1150 g/mol. The van der Waals surface area contributed by atoms with Crippen LogP contribution in [0.15, 0.2) is 206 Å². The minimum atomic E-state index is -4.70. The van der Waals surface area contributed by atoms with Crippen LogP contribution in [0.2, 0.25) is 0 Å². The quantitative estimate of drug-likeness (QED) is 0.0438. The Morgan fingerprint density at radius 3 is 1.51 bits per heavy atom. The number of carbonyl (C=O) groups excluding carboxylic acids is 3. The Balaban J connectivity index is 0.000000194. The summed E-state index contributed by atoms with van der Waals surface area (Å²) in [5.41, 5.74) is 3.46. The molecule has 78 heavy (non-hydrogen) atoms. The fourth-order valence-electron chi connectivity index (χ4n) is 9.27. The summed E-state index contributed by atoms with van der Waals surface area (Å²) in [7, 11) is -2.09. The lowest BCUT2D eigenvalue weighted by molar-refractivity contribution is -0.275. The summed E-state index contributed by atoms with van der Waals surface area (Å²) in [6.45, 7) is 3.53. The first-order valence-corrected chi connectivity index (χ1v) is 27.3. The second-order valence-electron chi connectivity index (χ2n) is 18.6. The summed E-state index contributed by atoms with van der Waals surface area (Å²) in [4.78, 5) is 38.7. The number of hydrogen-bond acceptors (Lipinski definition) is 7. The van der Waals surface area contributed by atoms with E-state index in [-0.39, 0.29) is 52.9 Å². The SMILES string of the molecule is FC(F)(F)Oc1ccc(C[P+](c2ccccc2)(c2ccccc2)c2ccccc2)cc1.O=C(CN1CCCC(C=Cc2ccc(OC(F)(F)F)cc2)C1)c1ccccc1.O=CC1CCCN(C(=O)OCc2ccccc2)C1.[Br-]. The molecule has 0 spiro atoms. The predicted molar refractivity (Wildman–Crippen MR) is 291 cm³/mol. The van der Waals surface area contributed by atoms with Crippen molar-refractivity contribution < 1.29 is 71.9 Å². The molecule has 2 saturated heterocycles. The van der Waals surface area contributed by atoms with Crippen molar-refractivity contribution in [2.75, 3.05) is 32.7 Å². The summed E-state index contributed by atoms with van der Waals surface area (Å²) in [5, 5.41) is 3.68. The van der Waals surface area contributed by atoms with Gasteiger partial charge in [-0.3, -0.25) is 9.69 Å². The summed E-state index contributed by atoms with van der Waals surface area (Å²) in [6, 6.07) is 62.0. The van der Waals surface area contributed by atoms with Gasteiger partial charge in [0.1, 0.15) is 47.6 Å². The van der Waals surface area contributed by atoms with Crippen molar-refractivity contribution in [1.29, 1.82) is 0 Å². The molecule has 7 aromatic carbocycles. The molecule has 2 aliphatic rings. The highest BCUT2D eigenvalue weighted by atomic mass is 79.9. The first-order chi connectivity index (χ1) is 37.2. The minimum absolute atomic E-state index is 0. The summed E-state index contributed by atoms with van der Waals surface area (Å²) in [6.07, 6.45) is -0.341. The summed E-state index contributed by atoms with van der Waals surface area (Å²) in [5.74, 6) is -0.0517. The molecular weight excluding hydrogens is 1090 g/mol. The van der Waals surface area contributed by atoms with E-state index in [0.717, 1.165) is 67.3 Å². The van der Waals surface area contributed by atoms with Crippen molar-refractivity contribution in [2.24, 2.45) is 11.8 Å². The molecule has 0 radical (unpaired) electrons. The summed E-state index contributed by atoms with van der Waals surface area (Å²) < 4.78 is 87.4. The molecule has 2 heterocycles. The van der Waals surface area contributed by atoms with Crippen LogP contribution in [-0.2, 0) is 22.3 Å². The van der Waals surface area contributed by atoms with Crippen molar-refractivity contribution in [3.05, 3.63) is 229 Å². The molecule has 7 aromatic rings. The van der Waals surface area contributed by atoms with E-state index in [4.69, 9.17) is 4.74 Å². The lowest BCUT2D eigenvalue weighted by Crippen LogP contribution is -3.00. The number of carbonyl (C=O) groups is 3. The van der Waals surface area contributed by atoms with E-state index in [2.05, 4.69) is 56.8 Å². The Hall–Kier alpha value is -7.06. The van der Waals surface area contributed by atoms with Crippen LogP contribution in [0.4, 0.5) is 31.1 Å². The number of halogens is 7. The van der Waals surface area contributed by atoms with Crippen LogP contribution in [0.1, 0.15) is 52.7 Å². The third-order valence-electron chi connectivity index (χ3n) is 13.0. The highest BCUT2D eigenvalue weighted by Gasteiger charge is 2.45. The largest absolute Gasteiger partial charge is 1.00 e. The zero-order valence-electron chi connectivity index (χ0n) is 42.7. The first-order valence-electron chi connectivity index (χ1n) is 25.3. The topological polar surface area (TPSA) is 85.4 Å². The van der Waals surface area contributed by atoms with Gasteiger partial charge in [-0.2, -0.15) is 0 Å². The van der Waals surface area contributed by atoms with Gasteiger partial charge in [0.15, 0.2) is 5.78 Å². The van der Waals surface area contributed by atoms with E-state index in [1.54, 1.807) is 29.2 Å². The Bertz CT molecular complexity index is 2830. The molecule has 0 N–H and O–H groups in total. The van der Waals surface area contributed by atoms with E-state index in [1.165, 1.54) is 40.2 Å². The molecule has 16 heteroatoms. The molecule has 1 amide bonds. The van der Waals surface area contributed by atoms with Crippen LogP contribution in [0.5, 0.6) is 11.5 Å². The first kappa shape index (κ1) is 60.2. The standard InChI is InChI=1S/C26H21F3OP.C22H22F3NO2.C14H17NO3.BrH/c27-26(28,29)30-22-18-16-21(17-19-22)20-31(23-10-4-1-5-11-23,24-12-6-2-7-13-24)25-14-8-3-9-15-25;23-22(24,25)28-20-12-10-17(11-13-20)8-9-18-5-4-14-26(15-18)16-21(27)19-6-2-1-3-7-19;16-10-13-7-4-8-15(9-13)14(17)18-11-12-5-2-1-3-6-12;/h1-19H,20H2;1-3,6-13,18H,4-5,14-16H2;1-3,5-6,10,13H,4,7-9,11H2;1H/q+1;;;/p-1. The highest BCUT2D eigenvalue weighted by Crippen LogP contribution is 2.58. The van der Waals surface area contributed by atoms with E-state index >= 15 is 0 Å². The normalized spacial score (nSPS) is 15.7. The third-order valence-corrected chi connectivity index (χ3v) is 17.3. The number of likely N-dealkylation sites (tertiary alicyclic amines) is 2. The molecule has 0 aromatic heterocycles. The zero-order chi connectivity index (χ0) is 54.5. The van der Waals surface area contributed by atoms with Crippen LogP contribution in [0, 0.1) is 11.8 Å². The smallest absolute Gasteiger partial charge is 0.573 e. The number of rotatable bonds is 15. The molecule has 8 nitrogen and oxygen atoms in total. The number of amides is 1. The lowest BCUT2D eigenvalue weighted by atomic mass is 9.96. The van der Waals surface area contributed by atoms with Crippen LogP contribution in [0.3, 0.4) is 0 Å². The van der Waals surface area contributed by atoms with Crippen molar-refractivity contribution in [1.82, 2.24) is 9.80 Å². The number of Topliss-reactive ketones (excluding diaryl/α,β-unsaturated/α-hetero) is 1. The molecular formula is C62H60BrF6N2O6P. The molecule has 0 saturated carbocycles. The van der Waals surface area contributed by atoms with Crippen molar-refractivity contribution in [3.8, 4) is 11.5 Å². The predicted octanol–water partition coefficient (Wildman–Crippen LogP) is 10.5. The van der Waals surface area contributed by atoms with Crippen LogP contribution < -0.4 is 42.4 Å². The van der Waals surface area contributed by atoms with E-state index in [0.29, 0.717) is 31.7 Å². The van der Waals surface area contributed by atoms with Crippen LogP contribution in [0.25, 0.3) is 6.08 Å². The van der Waals surface area contributed by atoms with Crippen molar-refractivity contribution in [2.45, 2.75) is 51.2 Å². The molecule has 0 aliphatic carbocycles. The second kappa shape index (κ2) is 29.6. The summed E-state index contributed by atoms with van der Waals surface area (Å²) >= 11 is 0. The Morgan fingerprint density at radius 1 is 0.551 bits per heavy atom. The van der Waals surface area contributed by atoms with Gasteiger partial charge in [0, 0.05) is 31.1 Å². The number of hydrogen-bond donors (Lipinski definition) is 0. The van der Waals surface area contributed by atoms with Crippen molar-refractivity contribution in [3.63, 3.8) is 0 Å². The van der Waals surface area contributed by atoms with Crippen LogP contribution >= 0.6 is 7.26 Å². The maximum atomic E-state index is 12.6. The van der Waals surface area contributed by atoms with Gasteiger partial charge >= 0.3 is 18.8 Å².